The van der Waals surface area contributed by atoms with Gasteiger partial charge in [-0.15, -0.1) is 0 Å². The molecule has 0 bridgehead atoms. The van der Waals surface area contributed by atoms with Crippen LogP contribution in [0.25, 0.3) is 5.76 Å². The van der Waals surface area contributed by atoms with Gasteiger partial charge in [0.05, 0.1) is 31.9 Å². The molecule has 1 aliphatic rings. The second-order valence-electron chi connectivity index (χ2n) is 7.14. The first-order valence-electron chi connectivity index (χ1n) is 10.2. The van der Waals surface area contributed by atoms with Gasteiger partial charge in [0.15, 0.2) is 0 Å². The van der Waals surface area contributed by atoms with Crippen LogP contribution < -0.4 is 9.47 Å². The number of Topliss-reactive ketones (excluding diaryl/α,β-unsaturated/α-hetero) is 1. The number of hydrogen-bond acceptors (Lipinski definition) is 6. The van der Waals surface area contributed by atoms with Gasteiger partial charge in [-0.2, -0.15) is 0 Å². The summed E-state index contributed by atoms with van der Waals surface area (Å²) in [7, 11) is 3.07. The third-order valence-electron chi connectivity index (χ3n) is 5.07. The van der Waals surface area contributed by atoms with E-state index >= 15 is 0 Å². The average molecular weight is 425 g/mol. The van der Waals surface area contributed by atoms with Crippen molar-refractivity contribution in [3.8, 4) is 11.5 Å². The maximum Gasteiger partial charge on any atom is 0.295 e. The Morgan fingerprint density at radius 2 is 1.77 bits per heavy atom. The predicted molar refractivity (Wildman–Crippen MR) is 116 cm³/mol. The Balaban J connectivity index is 2.12. The van der Waals surface area contributed by atoms with Crippen molar-refractivity contribution in [3.05, 3.63) is 65.2 Å². The lowest BCUT2D eigenvalue weighted by molar-refractivity contribution is -0.140. The first kappa shape index (κ1) is 22.4. The molecular weight excluding hydrogens is 398 g/mol. The molecule has 0 saturated carbocycles. The van der Waals surface area contributed by atoms with Gasteiger partial charge in [0, 0.05) is 19.2 Å². The van der Waals surface area contributed by atoms with Gasteiger partial charge in [0.1, 0.15) is 17.3 Å². The SMILES string of the molecule is CCCOc1cccc(/C(O)=C2/C(=O)C(=O)N(CCOC)C2c2cccc(OC)c2)c1. The normalized spacial score (nSPS) is 17.8. The van der Waals surface area contributed by atoms with E-state index in [2.05, 4.69) is 0 Å². The van der Waals surface area contributed by atoms with E-state index in [0.29, 0.717) is 29.2 Å². The van der Waals surface area contributed by atoms with Crippen LogP contribution in [0.3, 0.4) is 0 Å². The third-order valence-corrected chi connectivity index (χ3v) is 5.07. The zero-order valence-electron chi connectivity index (χ0n) is 18.0. The Morgan fingerprint density at radius 3 is 2.48 bits per heavy atom. The topological polar surface area (TPSA) is 85.3 Å². The van der Waals surface area contributed by atoms with Gasteiger partial charge in [0.25, 0.3) is 11.7 Å². The summed E-state index contributed by atoms with van der Waals surface area (Å²) in [5.74, 6) is -0.485. The van der Waals surface area contributed by atoms with Crippen molar-refractivity contribution in [1.82, 2.24) is 4.90 Å². The fraction of sp³-hybridized carbons (Fsp3) is 0.333. The van der Waals surface area contributed by atoms with Crippen molar-refractivity contribution < 1.29 is 28.9 Å². The number of carbonyl (C=O) groups is 2. The molecule has 2 aromatic carbocycles. The molecular formula is C24H27NO6. The van der Waals surface area contributed by atoms with Crippen LogP contribution in [-0.4, -0.2) is 55.7 Å². The summed E-state index contributed by atoms with van der Waals surface area (Å²) in [4.78, 5) is 27.2. The number of hydrogen-bond donors (Lipinski definition) is 1. The highest BCUT2D eigenvalue weighted by atomic mass is 16.5. The lowest BCUT2D eigenvalue weighted by Gasteiger charge is -2.25. The van der Waals surface area contributed by atoms with Crippen LogP contribution in [0, 0.1) is 0 Å². The molecule has 1 saturated heterocycles. The van der Waals surface area contributed by atoms with E-state index in [9.17, 15) is 14.7 Å². The summed E-state index contributed by atoms with van der Waals surface area (Å²) in [6.07, 6.45) is 0.844. The van der Waals surface area contributed by atoms with Crippen molar-refractivity contribution in [2.45, 2.75) is 19.4 Å². The molecule has 1 N–H and O–H groups in total. The second-order valence-corrected chi connectivity index (χ2v) is 7.14. The quantitative estimate of drug-likeness (QED) is 0.376. The van der Waals surface area contributed by atoms with E-state index in [1.54, 1.807) is 55.6 Å². The smallest absolute Gasteiger partial charge is 0.295 e. The number of benzene rings is 2. The van der Waals surface area contributed by atoms with Crippen LogP contribution in [0.5, 0.6) is 11.5 Å². The molecule has 1 heterocycles. The number of aliphatic hydroxyl groups is 1. The van der Waals surface area contributed by atoms with E-state index in [1.165, 1.54) is 12.0 Å². The van der Waals surface area contributed by atoms with Gasteiger partial charge in [-0.3, -0.25) is 9.59 Å². The lowest BCUT2D eigenvalue weighted by atomic mass is 9.95. The molecule has 1 atom stereocenters. The summed E-state index contributed by atoms with van der Waals surface area (Å²) in [6.45, 7) is 3.00. The molecule has 2 aromatic rings. The van der Waals surface area contributed by atoms with E-state index < -0.39 is 17.7 Å². The van der Waals surface area contributed by atoms with Gasteiger partial charge in [0.2, 0.25) is 0 Å². The van der Waals surface area contributed by atoms with E-state index in [1.807, 2.05) is 6.92 Å². The number of rotatable bonds is 9. The molecule has 1 unspecified atom stereocenters. The number of nitrogens with zero attached hydrogens (tertiary/aromatic N) is 1. The first-order valence-corrected chi connectivity index (χ1v) is 10.2. The number of methoxy groups -OCH3 is 2. The molecule has 0 radical (unpaired) electrons. The van der Waals surface area contributed by atoms with E-state index in [-0.39, 0.29) is 24.5 Å². The zero-order valence-corrected chi connectivity index (χ0v) is 18.0. The minimum Gasteiger partial charge on any atom is -0.507 e. The van der Waals surface area contributed by atoms with Crippen molar-refractivity contribution in [3.63, 3.8) is 0 Å². The van der Waals surface area contributed by atoms with Gasteiger partial charge < -0.3 is 24.2 Å². The number of ketones is 1. The Bertz CT molecular complexity index is 984. The molecule has 7 heteroatoms. The molecule has 7 nitrogen and oxygen atoms in total. The largest absolute Gasteiger partial charge is 0.507 e. The molecule has 1 aliphatic heterocycles. The average Bonchev–Trinajstić information content (AvgIpc) is 3.05. The highest BCUT2D eigenvalue weighted by Gasteiger charge is 2.46. The van der Waals surface area contributed by atoms with E-state index in [4.69, 9.17) is 14.2 Å². The lowest BCUT2D eigenvalue weighted by Crippen LogP contribution is -2.32. The fourth-order valence-corrected chi connectivity index (χ4v) is 3.57. The predicted octanol–water partition coefficient (Wildman–Crippen LogP) is 3.55. The van der Waals surface area contributed by atoms with Crippen molar-refractivity contribution in [2.75, 3.05) is 34.0 Å². The van der Waals surface area contributed by atoms with Gasteiger partial charge in [-0.25, -0.2) is 0 Å². The number of aliphatic hydroxyl groups excluding tert-OH is 1. The van der Waals surface area contributed by atoms with Gasteiger partial charge in [-0.1, -0.05) is 31.2 Å². The number of amides is 1. The fourth-order valence-electron chi connectivity index (χ4n) is 3.57. The van der Waals surface area contributed by atoms with Crippen LogP contribution >= 0.6 is 0 Å². The van der Waals surface area contributed by atoms with Gasteiger partial charge in [-0.05, 0) is 36.2 Å². The number of carbonyl (C=O) groups excluding carboxylic acids is 2. The van der Waals surface area contributed by atoms with Crippen LogP contribution in [0.4, 0.5) is 0 Å². The molecule has 1 fully saturated rings. The molecule has 164 valence electrons. The molecule has 0 aliphatic carbocycles. The maximum absolute atomic E-state index is 13.0. The van der Waals surface area contributed by atoms with Crippen molar-refractivity contribution in [2.24, 2.45) is 0 Å². The molecule has 3 rings (SSSR count). The van der Waals surface area contributed by atoms with E-state index in [0.717, 1.165) is 6.42 Å². The maximum atomic E-state index is 13.0. The number of likely N-dealkylation sites (tertiary alicyclic amines) is 1. The van der Waals surface area contributed by atoms with Crippen LogP contribution in [0.1, 0.15) is 30.5 Å². The Morgan fingerprint density at radius 1 is 1.03 bits per heavy atom. The Kier molecular flexibility index (Phi) is 7.31. The molecule has 0 spiro atoms. The van der Waals surface area contributed by atoms with Crippen LogP contribution in [0.15, 0.2) is 54.1 Å². The van der Waals surface area contributed by atoms with Crippen molar-refractivity contribution >= 4 is 17.4 Å². The second kappa shape index (κ2) is 10.1. The monoisotopic (exact) mass is 425 g/mol. The van der Waals surface area contributed by atoms with Crippen molar-refractivity contribution in [1.29, 1.82) is 0 Å². The standard InChI is InChI=1S/C24H27NO6/c1-4-12-31-19-10-6-8-17(15-19)22(26)20-21(16-7-5-9-18(14-16)30-3)25(11-13-29-2)24(28)23(20)27/h5-10,14-15,21,26H,4,11-13H2,1-3H3/b22-20-. The highest BCUT2D eigenvalue weighted by molar-refractivity contribution is 6.46. The summed E-state index contributed by atoms with van der Waals surface area (Å²) < 4.78 is 16.1. The minimum atomic E-state index is -0.759. The Labute approximate surface area is 181 Å². The molecule has 31 heavy (non-hydrogen) atoms. The first-order chi connectivity index (χ1) is 15.0. The third kappa shape index (κ3) is 4.72. The summed E-state index contributed by atoms with van der Waals surface area (Å²) >= 11 is 0. The van der Waals surface area contributed by atoms with Gasteiger partial charge >= 0.3 is 0 Å². The number of ether oxygens (including phenoxy) is 3. The highest BCUT2D eigenvalue weighted by Crippen LogP contribution is 2.40. The van der Waals surface area contributed by atoms with Crippen LogP contribution in [0.2, 0.25) is 0 Å². The molecule has 0 aromatic heterocycles. The zero-order chi connectivity index (χ0) is 22.4. The molecule has 1 amide bonds. The minimum absolute atomic E-state index is 0.0296. The Hall–Kier alpha value is -3.32. The summed E-state index contributed by atoms with van der Waals surface area (Å²) in [5, 5.41) is 11.1. The summed E-state index contributed by atoms with van der Waals surface area (Å²) in [5.41, 5.74) is 1.10. The van der Waals surface area contributed by atoms with Crippen LogP contribution in [-0.2, 0) is 14.3 Å². The summed E-state index contributed by atoms with van der Waals surface area (Å²) in [6, 6.07) is 13.2.